The molecular weight excluding hydrogens is 370 g/mol. The lowest BCUT2D eigenvalue weighted by atomic mass is 10.1. The van der Waals surface area contributed by atoms with Crippen molar-refractivity contribution in [2.24, 2.45) is 0 Å². The summed E-state index contributed by atoms with van der Waals surface area (Å²) >= 11 is 5.91. The van der Waals surface area contributed by atoms with E-state index in [1.165, 1.54) is 0 Å². The molecule has 0 unspecified atom stereocenters. The van der Waals surface area contributed by atoms with Crippen LogP contribution in [0.4, 0.5) is 5.69 Å². The lowest BCUT2D eigenvalue weighted by molar-refractivity contribution is 0.0684. The van der Waals surface area contributed by atoms with Crippen molar-refractivity contribution in [3.8, 4) is 0 Å². The predicted octanol–water partition coefficient (Wildman–Crippen LogP) is 5.40. The van der Waals surface area contributed by atoms with Crippen molar-refractivity contribution in [1.82, 2.24) is 9.88 Å². The molecule has 1 heterocycles. The average molecular weight is 394 g/mol. The van der Waals surface area contributed by atoms with Gasteiger partial charge in [-0.1, -0.05) is 54.1 Å². The maximum Gasteiger partial charge on any atom is 0.272 e. The maximum absolute atomic E-state index is 12.9. The Balaban J connectivity index is 1.65. The van der Waals surface area contributed by atoms with E-state index in [0.29, 0.717) is 18.8 Å². The number of pyridine rings is 1. The number of benzene rings is 2. The number of amides is 1. The number of hydrogen-bond acceptors (Lipinski definition) is 3. The second-order valence-corrected chi connectivity index (χ2v) is 7.36. The zero-order chi connectivity index (χ0) is 19.9. The SMILES string of the molecule is CC(C)N(Cc1ccccc1)C(=O)c1ccc(NCc2ccc(Cl)cc2)cn1. The molecule has 4 nitrogen and oxygen atoms in total. The van der Waals surface area contributed by atoms with Gasteiger partial charge < -0.3 is 10.2 Å². The zero-order valence-corrected chi connectivity index (χ0v) is 16.9. The van der Waals surface area contributed by atoms with Gasteiger partial charge in [-0.3, -0.25) is 4.79 Å². The van der Waals surface area contributed by atoms with E-state index in [9.17, 15) is 4.79 Å². The Kier molecular flexibility index (Phi) is 6.66. The summed E-state index contributed by atoms with van der Waals surface area (Å²) in [5.41, 5.74) is 3.54. The van der Waals surface area contributed by atoms with Gasteiger partial charge in [0.25, 0.3) is 5.91 Å². The quantitative estimate of drug-likeness (QED) is 0.584. The van der Waals surface area contributed by atoms with E-state index in [-0.39, 0.29) is 11.9 Å². The van der Waals surface area contributed by atoms with Gasteiger partial charge in [0.05, 0.1) is 11.9 Å². The largest absolute Gasteiger partial charge is 0.380 e. The van der Waals surface area contributed by atoms with Crippen LogP contribution in [-0.2, 0) is 13.1 Å². The molecule has 0 saturated heterocycles. The molecule has 1 N–H and O–H groups in total. The molecule has 0 aliphatic heterocycles. The molecular formula is C23H24ClN3O. The summed E-state index contributed by atoms with van der Waals surface area (Å²) in [7, 11) is 0. The van der Waals surface area contributed by atoms with Crippen LogP contribution in [-0.4, -0.2) is 21.8 Å². The van der Waals surface area contributed by atoms with Crippen molar-refractivity contribution < 1.29 is 4.79 Å². The van der Waals surface area contributed by atoms with Gasteiger partial charge in [0.15, 0.2) is 0 Å². The third-order valence-corrected chi connectivity index (χ3v) is 4.72. The van der Waals surface area contributed by atoms with Crippen LogP contribution in [0.5, 0.6) is 0 Å². The number of hydrogen-bond donors (Lipinski definition) is 1. The summed E-state index contributed by atoms with van der Waals surface area (Å²) in [5.74, 6) is -0.0666. The second-order valence-electron chi connectivity index (χ2n) is 6.92. The highest BCUT2D eigenvalue weighted by atomic mass is 35.5. The molecule has 2 aromatic carbocycles. The Morgan fingerprint density at radius 3 is 2.32 bits per heavy atom. The van der Waals surface area contributed by atoms with Gasteiger partial charge in [-0.2, -0.15) is 0 Å². The highest BCUT2D eigenvalue weighted by Gasteiger charge is 2.20. The van der Waals surface area contributed by atoms with Gasteiger partial charge in [-0.25, -0.2) is 4.98 Å². The van der Waals surface area contributed by atoms with E-state index < -0.39 is 0 Å². The highest BCUT2D eigenvalue weighted by molar-refractivity contribution is 6.30. The molecule has 0 aliphatic carbocycles. The van der Waals surface area contributed by atoms with Gasteiger partial charge >= 0.3 is 0 Å². The van der Waals surface area contributed by atoms with Gasteiger partial charge in [-0.15, -0.1) is 0 Å². The monoisotopic (exact) mass is 393 g/mol. The van der Waals surface area contributed by atoms with Crippen LogP contribution in [0.1, 0.15) is 35.5 Å². The molecule has 0 radical (unpaired) electrons. The molecule has 0 fully saturated rings. The Labute approximate surface area is 171 Å². The third-order valence-electron chi connectivity index (χ3n) is 4.47. The predicted molar refractivity (Wildman–Crippen MR) is 114 cm³/mol. The van der Waals surface area contributed by atoms with Crippen LogP contribution in [0.2, 0.25) is 5.02 Å². The molecule has 0 atom stereocenters. The second kappa shape index (κ2) is 9.38. The van der Waals surface area contributed by atoms with E-state index in [1.807, 2.05) is 79.4 Å². The molecule has 144 valence electrons. The Hall–Kier alpha value is -2.85. The first-order valence-corrected chi connectivity index (χ1v) is 9.70. The molecule has 3 rings (SSSR count). The number of nitrogens with zero attached hydrogens (tertiary/aromatic N) is 2. The third kappa shape index (κ3) is 5.33. The van der Waals surface area contributed by atoms with E-state index in [4.69, 9.17) is 11.6 Å². The summed E-state index contributed by atoms with van der Waals surface area (Å²) in [6.45, 7) is 5.26. The Morgan fingerprint density at radius 1 is 1.00 bits per heavy atom. The number of anilines is 1. The Bertz CT molecular complexity index is 893. The van der Waals surface area contributed by atoms with Crippen molar-refractivity contribution in [3.05, 3.63) is 94.8 Å². The fourth-order valence-corrected chi connectivity index (χ4v) is 2.97. The standard InChI is InChI=1S/C23H24ClN3O/c1-17(2)27(16-19-6-4-3-5-7-19)23(28)22-13-12-21(15-26-22)25-14-18-8-10-20(24)11-9-18/h3-13,15,17,25H,14,16H2,1-2H3. The molecule has 0 bridgehead atoms. The van der Waals surface area contributed by atoms with Crippen LogP contribution in [0, 0.1) is 0 Å². The molecule has 0 spiro atoms. The average Bonchev–Trinajstić information content (AvgIpc) is 2.72. The van der Waals surface area contributed by atoms with Crippen LogP contribution in [0.25, 0.3) is 0 Å². The summed E-state index contributed by atoms with van der Waals surface area (Å²) in [6.07, 6.45) is 1.70. The molecule has 5 heteroatoms. The maximum atomic E-state index is 12.9. The van der Waals surface area contributed by atoms with Gasteiger partial charge in [0.2, 0.25) is 0 Å². The number of carbonyl (C=O) groups is 1. The number of rotatable bonds is 7. The minimum atomic E-state index is -0.0666. The lowest BCUT2D eigenvalue weighted by Gasteiger charge is -2.26. The molecule has 1 amide bonds. The minimum Gasteiger partial charge on any atom is -0.380 e. The fourth-order valence-electron chi connectivity index (χ4n) is 2.85. The zero-order valence-electron chi connectivity index (χ0n) is 16.1. The number of halogens is 1. The van der Waals surface area contributed by atoms with E-state index >= 15 is 0 Å². The molecule has 28 heavy (non-hydrogen) atoms. The highest BCUT2D eigenvalue weighted by Crippen LogP contribution is 2.15. The van der Waals surface area contributed by atoms with Crippen molar-refractivity contribution >= 4 is 23.2 Å². The van der Waals surface area contributed by atoms with Crippen molar-refractivity contribution in [3.63, 3.8) is 0 Å². The first-order chi connectivity index (χ1) is 13.5. The van der Waals surface area contributed by atoms with Crippen LogP contribution in [0.15, 0.2) is 72.9 Å². The molecule has 1 aromatic heterocycles. The van der Waals surface area contributed by atoms with Crippen molar-refractivity contribution in [2.75, 3.05) is 5.32 Å². The first kappa shape index (κ1) is 19.9. The van der Waals surface area contributed by atoms with Gasteiger partial charge in [-0.05, 0) is 49.2 Å². The summed E-state index contributed by atoms with van der Waals surface area (Å²) in [5, 5.41) is 4.03. The summed E-state index contributed by atoms with van der Waals surface area (Å²) in [4.78, 5) is 19.2. The van der Waals surface area contributed by atoms with Crippen LogP contribution in [0.3, 0.4) is 0 Å². The summed E-state index contributed by atoms with van der Waals surface area (Å²) in [6, 6.07) is 21.4. The minimum absolute atomic E-state index is 0.0666. The smallest absolute Gasteiger partial charge is 0.272 e. The molecule has 0 aliphatic rings. The molecule has 0 saturated carbocycles. The first-order valence-electron chi connectivity index (χ1n) is 9.32. The van der Waals surface area contributed by atoms with Crippen molar-refractivity contribution in [1.29, 1.82) is 0 Å². The lowest BCUT2D eigenvalue weighted by Crippen LogP contribution is -2.36. The topological polar surface area (TPSA) is 45.2 Å². The fraction of sp³-hybridized carbons (Fsp3) is 0.217. The number of aromatic nitrogens is 1. The number of nitrogens with one attached hydrogen (secondary N) is 1. The van der Waals surface area contributed by atoms with E-state index in [0.717, 1.165) is 21.8 Å². The summed E-state index contributed by atoms with van der Waals surface area (Å²) < 4.78 is 0. The van der Waals surface area contributed by atoms with Crippen LogP contribution < -0.4 is 5.32 Å². The number of carbonyl (C=O) groups excluding carboxylic acids is 1. The van der Waals surface area contributed by atoms with Crippen LogP contribution >= 0.6 is 11.6 Å². The van der Waals surface area contributed by atoms with E-state index in [2.05, 4.69) is 10.3 Å². The van der Waals surface area contributed by atoms with Gasteiger partial charge in [0.1, 0.15) is 5.69 Å². The van der Waals surface area contributed by atoms with Crippen molar-refractivity contribution in [2.45, 2.75) is 33.0 Å². The van der Waals surface area contributed by atoms with Gasteiger partial charge in [0, 0.05) is 24.2 Å². The van der Waals surface area contributed by atoms with E-state index in [1.54, 1.807) is 12.3 Å². The Morgan fingerprint density at radius 2 is 1.71 bits per heavy atom. The molecule has 3 aromatic rings. The normalized spacial score (nSPS) is 10.7.